The lowest BCUT2D eigenvalue weighted by Gasteiger charge is -2.21. The first-order chi connectivity index (χ1) is 5.07. The molecule has 4 unspecified atom stereocenters. The fraction of sp³-hybridized carbons (Fsp3) is 1.00. The summed E-state index contributed by atoms with van der Waals surface area (Å²) in [6.45, 7) is 4.33. The highest BCUT2D eigenvalue weighted by atomic mass is 16.3. The predicted octanol–water partition coefficient (Wildman–Crippen LogP) is 0.776. The molecular weight excluding hydrogens is 140 g/mol. The molecular formula is C9H16O2. The fourth-order valence-electron chi connectivity index (χ4n) is 2.55. The van der Waals surface area contributed by atoms with E-state index in [1.807, 2.05) is 0 Å². The van der Waals surface area contributed by atoms with Crippen molar-refractivity contribution in [2.24, 2.45) is 17.3 Å². The van der Waals surface area contributed by atoms with Crippen molar-refractivity contribution in [3.05, 3.63) is 0 Å². The molecule has 64 valence electrons. The van der Waals surface area contributed by atoms with Gasteiger partial charge in [0.25, 0.3) is 0 Å². The molecule has 0 aromatic heterocycles. The number of hydrogen-bond acceptors (Lipinski definition) is 2. The Bertz CT molecular complexity index is 188. The Hall–Kier alpha value is -0.0800. The van der Waals surface area contributed by atoms with E-state index >= 15 is 0 Å². The van der Waals surface area contributed by atoms with Crippen molar-refractivity contribution in [2.45, 2.75) is 32.3 Å². The highest BCUT2D eigenvalue weighted by molar-refractivity contribution is 5.22. The van der Waals surface area contributed by atoms with Gasteiger partial charge in [-0.25, -0.2) is 0 Å². The minimum atomic E-state index is -0.513. The van der Waals surface area contributed by atoms with Gasteiger partial charge in [0, 0.05) is 5.41 Å². The first-order valence-corrected chi connectivity index (χ1v) is 4.40. The van der Waals surface area contributed by atoms with E-state index in [4.69, 9.17) is 5.11 Å². The van der Waals surface area contributed by atoms with E-state index < -0.39 is 5.60 Å². The van der Waals surface area contributed by atoms with Gasteiger partial charge in [-0.2, -0.15) is 0 Å². The molecule has 2 saturated carbocycles. The van der Waals surface area contributed by atoms with Crippen LogP contribution in [0.1, 0.15) is 26.7 Å². The second kappa shape index (κ2) is 1.80. The van der Waals surface area contributed by atoms with Crippen LogP contribution in [0.3, 0.4) is 0 Å². The van der Waals surface area contributed by atoms with Crippen LogP contribution >= 0.6 is 0 Å². The molecule has 0 aromatic rings. The summed E-state index contributed by atoms with van der Waals surface area (Å²) in [6.07, 6.45) is 1.89. The predicted molar refractivity (Wildman–Crippen MR) is 42.0 cm³/mol. The maximum atomic E-state index is 10.00. The summed E-state index contributed by atoms with van der Waals surface area (Å²) in [6, 6.07) is 0. The van der Waals surface area contributed by atoms with Crippen molar-refractivity contribution >= 4 is 0 Å². The van der Waals surface area contributed by atoms with Crippen molar-refractivity contribution in [2.75, 3.05) is 6.61 Å². The Morgan fingerprint density at radius 2 is 1.73 bits per heavy atom. The largest absolute Gasteiger partial charge is 0.396 e. The molecule has 0 bridgehead atoms. The van der Waals surface area contributed by atoms with Crippen molar-refractivity contribution in [1.29, 1.82) is 0 Å². The molecule has 0 aromatic carbocycles. The Morgan fingerprint density at radius 3 is 1.82 bits per heavy atom. The summed E-state index contributed by atoms with van der Waals surface area (Å²) in [5.74, 6) is 0.919. The van der Waals surface area contributed by atoms with Gasteiger partial charge in [-0.1, -0.05) is 13.8 Å². The summed E-state index contributed by atoms with van der Waals surface area (Å²) in [5.41, 5.74) is -0.631. The Kier molecular flexibility index (Phi) is 1.24. The SMILES string of the molecule is CC1CC1(O)C1(CO)CC1C. The van der Waals surface area contributed by atoms with E-state index in [1.54, 1.807) is 0 Å². The van der Waals surface area contributed by atoms with Crippen LogP contribution in [0.2, 0.25) is 0 Å². The van der Waals surface area contributed by atoms with E-state index in [1.165, 1.54) is 0 Å². The van der Waals surface area contributed by atoms with Crippen LogP contribution in [0.25, 0.3) is 0 Å². The van der Waals surface area contributed by atoms with Crippen LogP contribution in [0.15, 0.2) is 0 Å². The molecule has 2 aliphatic rings. The molecule has 2 nitrogen and oxygen atoms in total. The lowest BCUT2D eigenvalue weighted by atomic mass is 9.93. The summed E-state index contributed by atoms with van der Waals surface area (Å²) in [7, 11) is 0. The molecule has 0 saturated heterocycles. The third kappa shape index (κ3) is 0.695. The molecule has 11 heavy (non-hydrogen) atoms. The quantitative estimate of drug-likeness (QED) is 0.620. The normalized spacial score (nSPS) is 61.1. The molecule has 2 fully saturated rings. The molecule has 0 amide bonds. The summed E-state index contributed by atoms with van der Waals surface area (Å²) >= 11 is 0. The molecule has 0 spiro atoms. The second-order valence-corrected chi connectivity index (χ2v) is 4.45. The van der Waals surface area contributed by atoms with Crippen LogP contribution in [-0.4, -0.2) is 22.4 Å². The van der Waals surface area contributed by atoms with Gasteiger partial charge in [-0.15, -0.1) is 0 Å². The third-order valence-electron chi connectivity index (χ3n) is 3.87. The summed E-state index contributed by atoms with van der Waals surface area (Å²) < 4.78 is 0. The summed E-state index contributed by atoms with van der Waals surface area (Å²) in [5, 5.41) is 19.2. The van der Waals surface area contributed by atoms with Gasteiger partial charge in [0.2, 0.25) is 0 Å². The Morgan fingerprint density at radius 1 is 1.27 bits per heavy atom. The number of aliphatic hydroxyl groups is 2. The van der Waals surface area contributed by atoms with Crippen LogP contribution in [0.5, 0.6) is 0 Å². The lowest BCUT2D eigenvalue weighted by molar-refractivity contribution is 0.00955. The third-order valence-corrected chi connectivity index (χ3v) is 3.87. The van der Waals surface area contributed by atoms with Gasteiger partial charge in [0.05, 0.1) is 12.2 Å². The maximum absolute atomic E-state index is 10.00. The molecule has 0 heterocycles. The van der Waals surface area contributed by atoms with Gasteiger partial charge >= 0.3 is 0 Å². The molecule has 2 aliphatic carbocycles. The van der Waals surface area contributed by atoms with Gasteiger partial charge in [0.1, 0.15) is 0 Å². The average Bonchev–Trinajstić information content (AvgIpc) is 2.76. The van der Waals surface area contributed by atoms with Crippen LogP contribution in [-0.2, 0) is 0 Å². The monoisotopic (exact) mass is 156 g/mol. The van der Waals surface area contributed by atoms with E-state index in [0.717, 1.165) is 12.8 Å². The van der Waals surface area contributed by atoms with Gasteiger partial charge < -0.3 is 10.2 Å². The van der Waals surface area contributed by atoms with E-state index in [2.05, 4.69) is 13.8 Å². The zero-order valence-electron chi connectivity index (χ0n) is 7.17. The van der Waals surface area contributed by atoms with Crippen LogP contribution < -0.4 is 0 Å². The zero-order valence-corrected chi connectivity index (χ0v) is 7.17. The van der Waals surface area contributed by atoms with E-state index in [-0.39, 0.29) is 12.0 Å². The molecule has 0 radical (unpaired) electrons. The average molecular weight is 156 g/mol. The standard InChI is InChI=1S/C9H16O2/c1-6-3-8(6,5-10)9(11)4-7(9)2/h6-7,10-11H,3-5H2,1-2H3. The maximum Gasteiger partial charge on any atom is 0.0758 e. The second-order valence-electron chi connectivity index (χ2n) is 4.45. The molecule has 0 aliphatic heterocycles. The summed E-state index contributed by atoms with van der Waals surface area (Å²) in [4.78, 5) is 0. The highest BCUT2D eigenvalue weighted by Crippen LogP contribution is 2.69. The first-order valence-electron chi connectivity index (χ1n) is 4.40. The van der Waals surface area contributed by atoms with Crippen molar-refractivity contribution < 1.29 is 10.2 Å². The number of rotatable bonds is 2. The smallest absolute Gasteiger partial charge is 0.0758 e. The zero-order chi connectivity index (χ0) is 8.28. The van der Waals surface area contributed by atoms with Gasteiger partial charge in [-0.3, -0.25) is 0 Å². The topological polar surface area (TPSA) is 40.5 Å². The van der Waals surface area contributed by atoms with Crippen LogP contribution in [0.4, 0.5) is 0 Å². The van der Waals surface area contributed by atoms with Crippen molar-refractivity contribution in [3.63, 3.8) is 0 Å². The first kappa shape index (κ1) is 7.56. The Labute approximate surface area is 67.2 Å². The number of hydrogen-bond donors (Lipinski definition) is 2. The minimum Gasteiger partial charge on any atom is -0.396 e. The van der Waals surface area contributed by atoms with Crippen LogP contribution in [0, 0.1) is 17.3 Å². The van der Waals surface area contributed by atoms with Crippen molar-refractivity contribution in [1.82, 2.24) is 0 Å². The molecule has 4 atom stereocenters. The molecule has 2 rings (SSSR count). The van der Waals surface area contributed by atoms with Crippen molar-refractivity contribution in [3.8, 4) is 0 Å². The van der Waals surface area contributed by atoms with E-state index in [9.17, 15) is 5.11 Å². The van der Waals surface area contributed by atoms with E-state index in [0.29, 0.717) is 11.8 Å². The van der Waals surface area contributed by atoms with Gasteiger partial charge in [-0.05, 0) is 24.7 Å². The lowest BCUT2D eigenvalue weighted by Crippen LogP contribution is -2.30. The fourth-order valence-corrected chi connectivity index (χ4v) is 2.55. The molecule has 2 N–H and O–H groups in total. The highest BCUT2D eigenvalue weighted by Gasteiger charge is 2.72. The van der Waals surface area contributed by atoms with Gasteiger partial charge in [0.15, 0.2) is 0 Å². The minimum absolute atomic E-state index is 0.119. The molecule has 2 heteroatoms. The number of aliphatic hydroxyl groups excluding tert-OH is 1. The Balaban J connectivity index is 2.15.